The number of carbonyl (C=O) groups excluding carboxylic acids is 1. The molecule has 5 heteroatoms. The number of para-hydroxylation sites is 1. The highest BCUT2D eigenvalue weighted by molar-refractivity contribution is 5.90. The highest BCUT2D eigenvalue weighted by atomic mass is 16.5. The quantitative estimate of drug-likeness (QED) is 0.843. The Morgan fingerprint density at radius 2 is 2.15 bits per heavy atom. The van der Waals surface area contributed by atoms with E-state index in [0.29, 0.717) is 6.42 Å². The molecule has 0 spiro atoms. The van der Waals surface area contributed by atoms with Crippen LogP contribution in [-0.4, -0.2) is 40.7 Å². The Morgan fingerprint density at radius 1 is 1.35 bits per heavy atom. The summed E-state index contributed by atoms with van der Waals surface area (Å²) >= 11 is 0. The number of ether oxygens (including phenoxy) is 1. The van der Waals surface area contributed by atoms with Crippen molar-refractivity contribution in [1.29, 1.82) is 0 Å². The molecule has 5 nitrogen and oxygen atoms in total. The standard InChI is InChI=1S/C21H26N2O3/c1-3-20-10-6-11-22-12-9-15-14-7-4-5-8-16(14)23(17(15)18(20)22)21(25,13-20)19(24)26-2/h4-5,7-8,18,25H,3,6,9-13H2,1-2H3/t18-,20-,21-/m0/s1. The first-order valence-electron chi connectivity index (χ1n) is 9.73. The summed E-state index contributed by atoms with van der Waals surface area (Å²) in [5.74, 6) is -0.546. The van der Waals surface area contributed by atoms with Crippen molar-refractivity contribution in [3.05, 3.63) is 35.5 Å². The number of benzene rings is 1. The van der Waals surface area contributed by atoms with Crippen molar-refractivity contribution in [2.45, 2.75) is 50.8 Å². The third kappa shape index (κ3) is 1.80. The summed E-state index contributed by atoms with van der Waals surface area (Å²) in [7, 11) is 1.37. The van der Waals surface area contributed by atoms with E-state index in [0.717, 1.165) is 50.0 Å². The molecule has 2 aromatic rings. The number of esters is 1. The Bertz CT molecular complexity index is 904. The number of hydrogen-bond donors (Lipinski definition) is 1. The SMILES string of the molecule is CC[C@]12CCCN3CCc4c(n(c5ccccc45)[C@@](O)(C(=O)OC)C1)[C@H]32. The molecule has 0 amide bonds. The molecular weight excluding hydrogens is 328 g/mol. The number of carbonyl (C=O) groups is 1. The number of aromatic nitrogens is 1. The zero-order chi connectivity index (χ0) is 18.1. The van der Waals surface area contributed by atoms with Gasteiger partial charge in [0.2, 0.25) is 5.72 Å². The van der Waals surface area contributed by atoms with Crippen LogP contribution in [0, 0.1) is 5.41 Å². The van der Waals surface area contributed by atoms with Crippen LogP contribution in [0.5, 0.6) is 0 Å². The van der Waals surface area contributed by atoms with Crippen LogP contribution in [0.4, 0.5) is 0 Å². The lowest BCUT2D eigenvalue weighted by atomic mass is 9.62. The van der Waals surface area contributed by atoms with Crippen LogP contribution in [0.15, 0.2) is 24.3 Å². The smallest absolute Gasteiger partial charge is 0.359 e. The first kappa shape index (κ1) is 16.3. The minimum Gasteiger partial charge on any atom is -0.465 e. The second-order valence-electron chi connectivity index (χ2n) is 8.21. The van der Waals surface area contributed by atoms with E-state index in [9.17, 15) is 9.90 Å². The van der Waals surface area contributed by atoms with Gasteiger partial charge >= 0.3 is 5.97 Å². The molecule has 3 atom stereocenters. The van der Waals surface area contributed by atoms with Crippen molar-refractivity contribution in [1.82, 2.24) is 9.47 Å². The number of rotatable bonds is 2. The number of hydrogen-bond acceptors (Lipinski definition) is 4. The number of piperidine rings is 1. The summed E-state index contributed by atoms with van der Waals surface area (Å²) in [6.07, 6.45) is 4.52. The normalized spacial score (nSPS) is 33.1. The van der Waals surface area contributed by atoms with E-state index in [4.69, 9.17) is 4.74 Å². The molecule has 1 saturated heterocycles. The van der Waals surface area contributed by atoms with Gasteiger partial charge in [-0.15, -0.1) is 0 Å². The zero-order valence-corrected chi connectivity index (χ0v) is 15.5. The van der Waals surface area contributed by atoms with Gasteiger partial charge in [0, 0.05) is 24.0 Å². The average Bonchev–Trinajstić information content (AvgIpc) is 3.02. The van der Waals surface area contributed by atoms with Crippen LogP contribution in [0.25, 0.3) is 10.9 Å². The molecule has 26 heavy (non-hydrogen) atoms. The predicted octanol–water partition coefficient (Wildman–Crippen LogP) is 2.95. The van der Waals surface area contributed by atoms with E-state index in [-0.39, 0.29) is 11.5 Å². The van der Waals surface area contributed by atoms with Crippen molar-refractivity contribution in [2.24, 2.45) is 5.41 Å². The second kappa shape index (κ2) is 5.33. The summed E-state index contributed by atoms with van der Waals surface area (Å²) < 4.78 is 7.01. The monoisotopic (exact) mass is 354 g/mol. The van der Waals surface area contributed by atoms with Gasteiger partial charge in [0.1, 0.15) is 0 Å². The Morgan fingerprint density at radius 3 is 2.92 bits per heavy atom. The zero-order valence-electron chi connectivity index (χ0n) is 15.5. The molecule has 0 bridgehead atoms. The summed E-state index contributed by atoms with van der Waals surface area (Å²) in [4.78, 5) is 15.4. The predicted molar refractivity (Wildman–Crippen MR) is 98.7 cm³/mol. The van der Waals surface area contributed by atoms with Gasteiger partial charge < -0.3 is 14.4 Å². The lowest BCUT2D eigenvalue weighted by Crippen LogP contribution is -2.60. The largest absolute Gasteiger partial charge is 0.465 e. The maximum Gasteiger partial charge on any atom is 0.359 e. The maximum atomic E-state index is 12.8. The van der Waals surface area contributed by atoms with Crippen LogP contribution in [0.2, 0.25) is 0 Å². The van der Waals surface area contributed by atoms with Gasteiger partial charge in [-0.05, 0) is 49.3 Å². The molecule has 0 radical (unpaired) electrons. The van der Waals surface area contributed by atoms with Gasteiger partial charge in [0.15, 0.2) is 0 Å². The molecule has 1 fully saturated rings. The van der Waals surface area contributed by atoms with Gasteiger partial charge in [-0.2, -0.15) is 0 Å². The lowest BCUT2D eigenvalue weighted by Gasteiger charge is -2.57. The fraction of sp³-hybridized carbons (Fsp3) is 0.571. The molecule has 0 unspecified atom stereocenters. The number of methoxy groups -OCH3 is 1. The Labute approximate surface area is 153 Å². The Kier molecular flexibility index (Phi) is 3.35. The van der Waals surface area contributed by atoms with E-state index in [2.05, 4.69) is 17.9 Å². The fourth-order valence-corrected chi connectivity index (χ4v) is 6.10. The van der Waals surface area contributed by atoms with Crippen LogP contribution in [0.3, 0.4) is 0 Å². The van der Waals surface area contributed by atoms with E-state index in [1.807, 2.05) is 22.8 Å². The van der Waals surface area contributed by atoms with Gasteiger partial charge in [-0.1, -0.05) is 25.1 Å². The van der Waals surface area contributed by atoms with Crippen molar-refractivity contribution in [2.75, 3.05) is 20.2 Å². The first-order chi connectivity index (χ1) is 12.6. The molecular formula is C21H26N2O3. The number of nitrogens with zero attached hydrogens (tertiary/aromatic N) is 2. The van der Waals surface area contributed by atoms with Crippen molar-refractivity contribution >= 4 is 16.9 Å². The molecule has 0 saturated carbocycles. The minimum absolute atomic E-state index is 0.0826. The minimum atomic E-state index is -1.63. The molecule has 3 aliphatic heterocycles. The van der Waals surface area contributed by atoms with Gasteiger partial charge in [-0.3, -0.25) is 4.90 Å². The van der Waals surface area contributed by atoms with Gasteiger partial charge in [-0.25, -0.2) is 4.79 Å². The third-order valence-electron chi connectivity index (χ3n) is 7.18. The number of aliphatic hydroxyl groups is 1. The van der Waals surface area contributed by atoms with Crippen molar-refractivity contribution < 1.29 is 14.6 Å². The second-order valence-corrected chi connectivity index (χ2v) is 8.21. The van der Waals surface area contributed by atoms with E-state index < -0.39 is 11.7 Å². The van der Waals surface area contributed by atoms with E-state index in [1.54, 1.807) is 0 Å². The molecule has 138 valence electrons. The van der Waals surface area contributed by atoms with Crippen molar-refractivity contribution in [3.63, 3.8) is 0 Å². The number of fused-ring (bicyclic) bond motifs is 3. The molecule has 4 heterocycles. The summed E-state index contributed by atoms with van der Waals surface area (Å²) in [6.45, 7) is 4.36. The Balaban J connectivity index is 1.89. The Hall–Kier alpha value is -1.85. The topological polar surface area (TPSA) is 54.7 Å². The third-order valence-corrected chi connectivity index (χ3v) is 7.18. The van der Waals surface area contributed by atoms with Crippen LogP contribution < -0.4 is 0 Å². The molecule has 0 aliphatic carbocycles. The highest BCUT2D eigenvalue weighted by Crippen LogP contribution is 2.60. The maximum absolute atomic E-state index is 12.8. The fourth-order valence-electron chi connectivity index (χ4n) is 6.10. The van der Waals surface area contributed by atoms with E-state index >= 15 is 0 Å². The van der Waals surface area contributed by atoms with Crippen LogP contribution >= 0.6 is 0 Å². The molecule has 5 rings (SSSR count). The lowest BCUT2D eigenvalue weighted by molar-refractivity contribution is -0.194. The molecule has 1 aromatic carbocycles. The summed E-state index contributed by atoms with van der Waals surface area (Å²) in [5.41, 5.74) is 1.69. The summed E-state index contributed by atoms with van der Waals surface area (Å²) in [6, 6.07) is 8.45. The molecule has 3 aliphatic rings. The highest BCUT2D eigenvalue weighted by Gasteiger charge is 2.60. The average molecular weight is 354 g/mol. The van der Waals surface area contributed by atoms with E-state index in [1.165, 1.54) is 18.1 Å². The van der Waals surface area contributed by atoms with Gasteiger partial charge in [0.25, 0.3) is 0 Å². The van der Waals surface area contributed by atoms with Crippen LogP contribution in [-0.2, 0) is 21.7 Å². The van der Waals surface area contributed by atoms with Crippen molar-refractivity contribution in [3.8, 4) is 0 Å². The summed E-state index contributed by atoms with van der Waals surface area (Å²) in [5, 5.41) is 12.9. The first-order valence-corrected chi connectivity index (χ1v) is 9.73. The van der Waals surface area contributed by atoms with Crippen LogP contribution in [0.1, 0.15) is 49.9 Å². The molecule has 1 aromatic heterocycles. The molecule has 1 N–H and O–H groups in total. The van der Waals surface area contributed by atoms with Gasteiger partial charge in [0.05, 0.1) is 18.7 Å².